The number of ether oxygens (including phenoxy) is 3. The molecule has 2 heterocycles. The van der Waals surface area contributed by atoms with Crippen LogP contribution in [0.5, 0.6) is 0 Å². The van der Waals surface area contributed by atoms with Gasteiger partial charge in [-0.05, 0) is 70.5 Å². The Morgan fingerprint density at radius 2 is 1.43 bits per heavy atom. The Balaban J connectivity index is 1.27. The van der Waals surface area contributed by atoms with E-state index in [0.29, 0.717) is 13.0 Å². The summed E-state index contributed by atoms with van der Waals surface area (Å²) in [5, 5.41) is 2.50. The molecule has 3 aliphatic rings. The molecule has 4 aromatic carbocycles. The quantitative estimate of drug-likeness (QED) is 0.130. The second kappa shape index (κ2) is 14.7. The minimum Gasteiger partial charge on any atom is -0.465 e. The maximum Gasteiger partial charge on any atom is 0.306 e. The van der Waals surface area contributed by atoms with Crippen molar-refractivity contribution >= 4 is 25.4 Å². The van der Waals surface area contributed by atoms with Crippen LogP contribution in [-0.4, -0.2) is 46.7 Å². The third kappa shape index (κ3) is 7.63. The van der Waals surface area contributed by atoms with Crippen molar-refractivity contribution < 1.29 is 23.4 Å². The Bertz CT molecular complexity index is 1610. The fourth-order valence-corrected chi connectivity index (χ4v) is 11.4. The lowest BCUT2D eigenvalue weighted by Crippen LogP contribution is -2.55. The van der Waals surface area contributed by atoms with Crippen molar-refractivity contribution in [2.75, 3.05) is 13.2 Å². The molecule has 2 unspecified atom stereocenters. The first-order valence-electron chi connectivity index (χ1n) is 18.1. The largest absolute Gasteiger partial charge is 0.465 e. The van der Waals surface area contributed by atoms with Gasteiger partial charge in [0.1, 0.15) is 0 Å². The monoisotopic (exact) mass is 674 g/mol. The summed E-state index contributed by atoms with van der Waals surface area (Å²) in [5.74, 6) is -0.0851. The second-order valence-electron chi connectivity index (χ2n) is 15.4. The summed E-state index contributed by atoms with van der Waals surface area (Å²) >= 11 is 0. The summed E-state index contributed by atoms with van der Waals surface area (Å²) in [4.78, 5) is 13.3. The Morgan fingerprint density at radius 3 is 2.02 bits per heavy atom. The van der Waals surface area contributed by atoms with Crippen LogP contribution in [0.2, 0.25) is 0 Å². The molecular formula is C43H50O5Si. The molecule has 3 fully saturated rings. The average molecular weight is 675 g/mol. The van der Waals surface area contributed by atoms with Crippen LogP contribution in [0.4, 0.5) is 0 Å². The Kier molecular flexibility index (Phi) is 10.2. The van der Waals surface area contributed by atoms with Gasteiger partial charge in [-0.2, -0.15) is 0 Å². The molecule has 256 valence electrons. The number of hydrogen-bond acceptors (Lipinski definition) is 5. The van der Waals surface area contributed by atoms with Gasteiger partial charge < -0.3 is 18.6 Å². The SMILES string of the molecule is CC(C)(C)C(O[SiH](c1ccccc1)c1ccccc1)[C@H]1[C@H]2CC(=O)OC[C@@]2(Cc2ccc(-c3ccccc3)cc2)C[C@H]1OC1CCCCO1. The van der Waals surface area contributed by atoms with Crippen molar-refractivity contribution in [2.24, 2.45) is 22.7 Å². The average Bonchev–Trinajstić information content (AvgIpc) is 3.41. The minimum atomic E-state index is -2.13. The summed E-state index contributed by atoms with van der Waals surface area (Å²) < 4.78 is 26.8. The molecule has 0 N–H and O–H groups in total. The van der Waals surface area contributed by atoms with E-state index in [9.17, 15) is 4.79 Å². The van der Waals surface area contributed by atoms with Crippen LogP contribution in [0, 0.1) is 22.7 Å². The first-order valence-corrected chi connectivity index (χ1v) is 19.7. The number of hydrogen-bond donors (Lipinski definition) is 0. The molecule has 4 aromatic rings. The summed E-state index contributed by atoms with van der Waals surface area (Å²) in [6.07, 6.45) is 4.52. The lowest BCUT2D eigenvalue weighted by Gasteiger charge is -2.46. The molecule has 7 rings (SSSR count). The molecular weight excluding hydrogens is 625 g/mol. The standard InChI is InChI=1S/C43H50O5Si/c1-42(2,3)41(48-49(34-17-9-5-10-18-34)35-19-11-6-12-20-35)40-36-27-38(44)46-30-43(36,29-37(40)47-39-21-13-14-26-45-39)28-31-22-24-33(25-23-31)32-15-7-4-8-16-32/h4-12,15-20,22-25,36-37,39-41,49H,13-14,21,26-30H2,1-3H3/t36-,37-,39?,40+,41?,43-/m1/s1. The zero-order valence-electron chi connectivity index (χ0n) is 29.1. The zero-order valence-corrected chi connectivity index (χ0v) is 30.3. The molecule has 0 radical (unpaired) electrons. The van der Waals surface area contributed by atoms with E-state index in [1.807, 2.05) is 6.07 Å². The molecule has 0 bridgehead atoms. The topological polar surface area (TPSA) is 54.0 Å². The predicted molar refractivity (Wildman–Crippen MR) is 197 cm³/mol. The zero-order chi connectivity index (χ0) is 33.8. The maximum atomic E-state index is 13.3. The normalized spacial score (nSPS) is 26.2. The van der Waals surface area contributed by atoms with Crippen molar-refractivity contribution in [2.45, 2.75) is 77.8 Å². The van der Waals surface area contributed by atoms with Crippen molar-refractivity contribution in [3.8, 4) is 11.1 Å². The van der Waals surface area contributed by atoms with Gasteiger partial charge in [0.2, 0.25) is 9.04 Å². The number of carbonyl (C=O) groups is 1. The summed E-state index contributed by atoms with van der Waals surface area (Å²) in [6, 6.07) is 40.9. The number of cyclic esters (lactones) is 1. The Labute approximate surface area is 293 Å². The van der Waals surface area contributed by atoms with Crippen molar-refractivity contribution in [3.63, 3.8) is 0 Å². The van der Waals surface area contributed by atoms with Crippen LogP contribution >= 0.6 is 0 Å². The Hall–Kier alpha value is -3.55. The smallest absolute Gasteiger partial charge is 0.306 e. The number of fused-ring (bicyclic) bond motifs is 1. The fraction of sp³-hybridized carbons (Fsp3) is 0.419. The number of carbonyl (C=O) groups excluding carboxylic acids is 1. The number of rotatable bonds is 10. The van der Waals surface area contributed by atoms with Gasteiger partial charge in [-0.15, -0.1) is 0 Å². The van der Waals surface area contributed by atoms with E-state index < -0.39 is 9.04 Å². The van der Waals surface area contributed by atoms with E-state index in [0.717, 1.165) is 38.7 Å². The van der Waals surface area contributed by atoms with Gasteiger partial charge in [0, 0.05) is 24.4 Å². The molecule has 2 aliphatic heterocycles. The van der Waals surface area contributed by atoms with Crippen molar-refractivity contribution in [3.05, 3.63) is 121 Å². The first kappa shape index (κ1) is 33.9. The van der Waals surface area contributed by atoms with Gasteiger partial charge in [0.25, 0.3) is 0 Å². The van der Waals surface area contributed by atoms with Gasteiger partial charge in [0.05, 0.1) is 18.8 Å². The molecule has 6 heteroatoms. The molecule has 0 aromatic heterocycles. The van der Waals surface area contributed by atoms with Gasteiger partial charge in [-0.3, -0.25) is 4.79 Å². The highest BCUT2D eigenvalue weighted by molar-refractivity contribution is 6.80. The van der Waals surface area contributed by atoms with E-state index in [4.69, 9.17) is 18.6 Å². The van der Waals surface area contributed by atoms with Crippen LogP contribution in [0.3, 0.4) is 0 Å². The highest BCUT2D eigenvalue weighted by atomic mass is 28.3. The van der Waals surface area contributed by atoms with E-state index >= 15 is 0 Å². The minimum absolute atomic E-state index is 0.00982. The molecule has 5 nitrogen and oxygen atoms in total. The van der Waals surface area contributed by atoms with E-state index in [-0.39, 0.29) is 47.1 Å². The molecule has 0 spiro atoms. The number of esters is 1. The van der Waals surface area contributed by atoms with E-state index in [1.54, 1.807) is 0 Å². The van der Waals surface area contributed by atoms with Gasteiger partial charge in [-0.1, -0.05) is 136 Å². The molecule has 0 amide bonds. The van der Waals surface area contributed by atoms with E-state index in [1.165, 1.54) is 27.1 Å². The lowest BCUT2D eigenvalue weighted by molar-refractivity contribution is -0.205. The van der Waals surface area contributed by atoms with Crippen LogP contribution in [-0.2, 0) is 29.9 Å². The highest BCUT2D eigenvalue weighted by Crippen LogP contribution is 2.57. The first-order chi connectivity index (χ1) is 23.8. The highest BCUT2D eigenvalue weighted by Gasteiger charge is 2.61. The van der Waals surface area contributed by atoms with Crippen LogP contribution < -0.4 is 10.4 Å². The Morgan fingerprint density at radius 1 is 0.816 bits per heavy atom. The lowest BCUT2D eigenvalue weighted by atomic mass is 9.66. The van der Waals surface area contributed by atoms with Crippen molar-refractivity contribution in [1.29, 1.82) is 0 Å². The molecule has 2 saturated heterocycles. The number of benzene rings is 4. The van der Waals surface area contributed by atoms with Gasteiger partial charge in [0.15, 0.2) is 6.29 Å². The summed E-state index contributed by atoms with van der Waals surface area (Å²) in [6.45, 7) is 7.99. The summed E-state index contributed by atoms with van der Waals surface area (Å²) in [5.41, 5.74) is 3.18. The van der Waals surface area contributed by atoms with Crippen LogP contribution in [0.1, 0.15) is 58.4 Å². The van der Waals surface area contributed by atoms with Gasteiger partial charge in [-0.25, -0.2) is 0 Å². The second-order valence-corrected chi connectivity index (χ2v) is 17.8. The molecule has 1 aliphatic carbocycles. The molecule has 1 saturated carbocycles. The predicted octanol–water partition coefficient (Wildman–Crippen LogP) is 7.35. The van der Waals surface area contributed by atoms with Crippen LogP contribution in [0.15, 0.2) is 115 Å². The maximum absolute atomic E-state index is 13.3. The third-order valence-electron chi connectivity index (χ3n) is 11.0. The summed E-state index contributed by atoms with van der Waals surface area (Å²) in [7, 11) is -2.13. The van der Waals surface area contributed by atoms with Crippen molar-refractivity contribution in [1.82, 2.24) is 0 Å². The molecule has 49 heavy (non-hydrogen) atoms. The molecule has 6 atom stereocenters. The fourth-order valence-electron chi connectivity index (χ4n) is 8.63. The van der Waals surface area contributed by atoms with Gasteiger partial charge >= 0.3 is 5.97 Å². The third-order valence-corrected chi connectivity index (χ3v) is 13.5. The van der Waals surface area contributed by atoms with Crippen LogP contribution in [0.25, 0.3) is 11.1 Å². The van der Waals surface area contributed by atoms with E-state index in [2.05, 4.69) is 130 Å².